The first-order valence-electron chi connectivity index (χ1n) is 7.31. The smallest absolute Gasteiger partial charge is 0.279 e. The Kier molecular flexibility index (Phi) is 7.28. The molecule has 1 fully saturated rings. The van der Waals surface area contributed by atoms with Crippen LogP contribution in [0.25, 0.3) is 0 Å². The van der Waals surface area contributed by atoms with Crippen molar-refractivity contribution in [2.45, 2.75) is 50.3 Å². The van der Waals surface area contributed by atoms with Gasteiger partial charge >= 0.3 is 0 Å². The molecule has 1 aliphatic carbocycles. The number of hydrogen-bond donors (Lipinski definition) is 2. The standard InChI is InChI=1S/C13H29N3O2S2/c1-12(2)14-9-6-10-16(3)20(17,18)15-11-13(19-4)7-5-8-13/h12,14-15H,5-11H2,1-4H3. The lowest BCUT2D eigenvalue weighted by Crippen LogP contribution is -2.49. The average molecular weight is 324 g/mol. The molecule has 0 aliphatic heterocycles. The van der Waals surface area contributed by atoms with Gasteiger partial charge in [-0.25, -0.2) is 4.72 Å². The summed E-state index contributed by atoms with van der Waals surface area (Å²) in [5.41, 5.74) is 0. The van der Waals surface area contributed by atoms with Gasteiger partial charge in [0.1, 0.15) is 0 Å². The highest BCUT2D eigenvalue weighted by Gasteiger charge is 2.37. The second kappa shape index (κ2) is 7.98. The minimum absolute atomic E-state index is 0.132. The fraction of sp³-hybridized carbons (Fsp3) is 1.00. The number of hydrogen-bond acceptors (Lipinski definition) is 4. The van der Waals surface area contributed by atoms with Gasteiger partial charge in [0.25, 0.3) is 10.2 Å². The zero-order valence-corrected chi connectivity index (χ0v) is 14.7. The van der Waals surface area contributed by atoms with E-state index in [1.807, 2.05) is 0 Å². The summed E-state index contributed by atoms with van der Waals surface area (Å²) in [5.74, 6) is 0. The van der Waals surface area contributed by atoms with Gasteiger partial charge in [0.15, 0.2) is 0 Å². The van der Waals surface area contributed by atoms with Crippen LogP contribution in [0.3, 0.4) is 0 Å². The summed E-state index contributed by atoms with van der Waals surface area (Å²) >= 11 is 1.78. The molecule has 20 heavy (non-hydrogen) atoms. The topological polar surface area (TPSA) is 61.4 Å². The normalized spacial score (nSPS) is 18.5. The Morgan fingerprint density at radius 3 is 2.45 bits per heavy atom. The molecule has 1 saturated carbocycles. The Morgan fingerprint density at radius 1 is 1.35 bits per heavy atom. The van der Waals surface area contributed by atoms with E-state index in [4.69, 9.17) is 0 Å². The molecule has 0 aromatic heterocycles. The molecule has 0 heterocycles. The van der Waals surface area contributed by atoms with Crippen molar-refractivity contribution in [3.63, 3.8) is 0 Å². The molecule has 5 nitrogen and oxygen atoms in total. The van der Waals surface area contributed by atoms with Gasteiger partial charge in [-0.05, 0) is 32.1 Å². The highest BCUT2D eigenvalue weighted by molar-refractivity contribution is 8.00. The van der Waals surface area contributed by atoms with E-state index in [1.165, 1.54) is 10.7 Å². The monoisotopic (exact) mass is 323 g/mol. The minimum atomic E-state index is -3.34. The summed E-state index contributed by atoms with van der Waals surface area (Å²) in [4.78, 5) is 0. The van der Waals surface area contributed by atoms with E-state index < -0.39 is 10.2 Å². The number of thioether (sulfide) groups is 1. The number of nitrogens with zero attached hydrogens (tertiary/aromatic N) is 1. The molecule has 120 valence electrons. The van der Waals surface area contributed by atoms with Crippen LogP contribution in [-0.4, -0.2) is 56.4 Å². The Balaban J connectivity index is 2.31. The van der Waals surface area contributed by atoms with Crippen LogP contribution in [0, 0.1) is 0 Å². The summed E-state index contributed by atoms with van der Waals surface area (Å²) in [6, 6.07) is 0.440. The molecule has 0 atom stereocenters. The maximum absolute atomic E-state index is 12.1. The van der Waals surface area contributed by atoms with Crippen molar-refractivity contribution in [3.05, 3.63) is 0 Å². The molecule has 0 radical (unpaired) electrons. The third-order valence-corrected chi connectivity index (χ3v) is 6.82. The third kappa shape index (κ3) is 5.52. The van der Waals surface area contributed by atoms with Gasteiger partial charge in [-0.2, -0.15) is 24.5 Å². The van der Waals surface area contributed by atoms with Crippen LogP contribution in [0.4, 0.5) is 0 Å². The highest BCUT2D eigenvalue weighted by atomic mass is 32.2. The largest absolute Gasteiger partial charge is 0.314 e. The second-order valence-electron chi connectivity index (χ2n) is 5.85. The van der Waals surface area contributed by atoms with Crippen molar-refractivity contribution >= 4 is 22.0 Å². The van der Waals surface area contributed by atoms with Crippen molar-refractivity contribution in [2.24, 2.45) is 0 Å². The Labute approximate surface area is 128 Å². The first-order chi connectivity index (χ1) is 9.31. The SMILES string of the molecule is CSC1(CNS(=O)(=O)N(C)CCCNC(C)C)CCC1. The lowest BCUT2D eigenvalue weighted by molar-refractivity contribution is 0.356. The molecule has 0 bridgehead atoms. The van der Waals surface area contributed by atoms with Crippen LogP contribution in [0.5, 0.6) is 0 Å². The van der Waals surface area contributed by atoms with Gasteiger partial charge in [-0.1, -0.05) is 20.3 Å². The van der Waals surface area contributed by atoms with Crippen molar-refractivity contribution < 1.29 is 8.42 Å². The van der Waals surface area contributed by atoms with Gasteiger partial charge in [0.05, 0.1) is 0 Å². The van der Waals surface area contributed by atoms with Crippen LogP contribution in [0.2, 0.25) is 0 Å². The van der Waals surface area contributed by atoms with Crippen LogP contribution in [0.15, 0.2) is 0 Å². The highest BCUT2D eigenvalue weighted by Crippen LogP contribution is 2.42. The van der Waals surface area contributed by atoms with Crippen LogP contribution >= 0.6 is 11.8 Å². The zero-order valence-electron chi connectivity index (χ0n) is 13.1. The predicted molar refractivity (Wildman–Crippen MR) is 87.4 cm³/mol. The average Bonchev–Trinajstić information content (AvgIpc) is 2.33. The first kappa shape index (κ1) is 18.2. The molecule has 0 unspecified atom stereocenters. The molecule has 0 saturated heterocycles. The maximum atomic E-state index is 12.1. The summed E-state index contributed by atoms with van der Waals surface area (Å²) in [6.07, 6.45) is 6.31. The van der Waals surface area contributed by atoms with E-state index in [1.54, 1.807) is 18.8 Å². The van der Waals surface area contributed by atoms with E-state index in [0.717, 1.165) is 25.8 Å². The molecule has 2 N–H and O–H groups in total. The molecule has 0 amide bonds. The maximum Gasteiger partial charge on any atom is 0.279 e. The van der Waals surface area contributed by atoms with E-state index in [9.17, 15) is 8.42 Å². The number of rotatable bonds is 10. The Morgan fingerprint density at radius 2 is 2.00 bits per heavy atom. The quantitative estimate of drug-likeness (QED) is 0.597. The van der Waals surface area contributed by atoms with Crippen molar-refractivity contribution in [3.8, 4) is 0 Å². The second-order valence-corrected chi connectivity index (χ2v) is 8.99. The van der Waals surface area contributed by atoms with Gasteiger partial charge in [0, 0.05) is 30.9 Å². The number of nitrogens with one attached hydrogen (secondary N) is 2. The molecular weight excluding hydrogens is 294 g/mol. The fourth-order valence-electron chi connectivity index (χ4n) is 2.17. The van der Waals surface area contributed by atoms with E-state index in [-0.39, 0.29) is 4.75 Å². The molecule has 7 heteroatoms. The molecule has 1 aliphatic rings. The van der Waals surface area contributed by atoms with E-state index >= 15 is 0 Å². The van der Waals surface area contributed by atoms with Gasteiger partial charge < -0.3 is 5.32 Å². The molecular formula is C13H29N3O2S2. The Bertz CT molecular complexity index is 376. The molecule has 0 aromatic rings. The van der Waals surface area contributed by atoms with Gasteiger partial charge in [-0.15, -0.1) is 0 Å². The van der Waals surface area contributed by atoms with E-state index in [0.29, 0.717) is 19.1 Å². The van der Waals surface area contributed by atoms with Gasteiger partial charge in [-0.3, -0.25) is 0 Å². The van der Waals surface area contributed by atoms with Crippen LogP contribution in [0.1, 0.15) is 39.5 Å². The van der Waals surface area contributed by atoms with Crippen molar-refractivity contribution in [1.82, 2.24) is 14.3 Å². The summed E-state index contributed by atoms with van der Waals surface area (Å²) < 4.78 is 28.6. The summed E-state index contributed by atoms with van der Waals surface area (Å²) in [5, 5.41) is 3.29. The predicted octanol–water partition coefficient (Wildman–Crippen LogP) is 1.43. The Hall–Kier alpha value is 0.180. The van der Waals surface area contributed by atoms with Crippen molar-refractivity contribution in [2.75, 3.05) is 32.9 Å². The molecule has 0 aromatic carbocycles. The lowest BCUT2D eigenvalue weighted by atomic mass is 9.84. The first-order valence-corrected chi connectivity index (χ1v) is 9.97. The van der Waals surface area contributed by atoms with Crippen LogP contribution < -0.4 is 10.0 Å². The fourth-order valence-corrected chi connectivity index (χ4v) is 4.22. The minimum Gasteiger partial charge on any atom is -0.314 e. The molecule has 0 spiro atoms. The zero-order chi connectivity index (χ0) is 15.2. The van der Waals surface area contributed by atoms with Crippen molar-refractivity contribution in [1.29, 1.82) is 0 Å². The summed E-state index contributed by atoms with van der Waals surface area (Å²) in [7, 11) is -1.70. The van der Waals surface area contributed by atoms with Crippen LogP contribution in [-0.2, 0) is 10.2 Å². The third-order valence-electron chi connectivity index (χ3n) is 3.89. The van der Waals surface area contributed by atoms with Gasteiger partial charge in [0.2, 0.25) is 0 Å². The lowest BCUT2D eigenvalue weighted by Gasteiger charge is -2.40. The van der Waals surface area contributed by atoms with E-state index in [2.05, 4.69) is 30.1 Å². The summed E-state index contributed by atoms with van der Waals surface area (Å²) in [6.45, 7) is 6.10. The molecule has 1 rings (SSSR count).